The van der Waals surface area contributed by atoms with E-state index in [1.807, 2.05) is 30.3 Å². The zero-order chi connectivity index (χ0) is 15.0. The molecule has 0 saturated carbocycles. The van der Waals surface area contributed by atoms with Gasteiger partial charge in [0.2, 0.25) is 0 Å². The minimum Gasteiger partial charge on any atom is -0.289 e. The van der Waals surface area contributed by atoms with E-state index >= 15 is 0 Å². The van der Waals surface area contributed by atoms with E-state index in [1.165, 1.54) is 0 Å². The quantitative estimate of drug-likeness (QED) is 0.488. The lowest BCUT2D eigenvalue weighted by molar-refractivity contribution is 0.104. The van der Waals surface area contributed by atoms with E-state index in [4.69, 9.17) is 23.2 Å². The number of hydrogen-bond donors (Lipinski definition) is 0. The summed E-state index contributed by atoms with van der Waals surface area (Å²) in [5.41, 5.74) is 1.02. The van der Waals surface area contributed by atoms with Crippen molar-refractivity contribution >= 4 is 55.7 Å². The van der Waals surface area contributed by atoms with Crippen LogP contribution < -0.4 is 0 Å². The lowest BCUT2D eigenvalue weighted by Crippen LogP contribution is -2.03. The van der Waals surface area contributed by atoms with Gasteiger partial charge in [-0.2, -0.15) is 0 Å². The van der Waals surface area contributed by atoms with Gasteiger partial charge in [0, 0.05) is 15.6 Å². The summed E-state index contributed by atoms with van der Waals surface area (Å²) in [5.74, 6) is -0.133. The van der Waals surface area contributed by atoms with Gasteiger partial charge in [-0.05, 0) is 35.0 Å². The van der Waals surface area contributed by atoms with Gasteiger partial charge >= 0.3 is 0 Å². The van der Waals surface area contributed by atoms with Crippen molar-refractivity contribution in [3.05, 3.63) is 80.2 Å². The van der Waals surface area contributed by atoms with Crippen LogP contribution in [0.1, 0.15) is 15.9 Å². The van der Waals surface area contributed by atoms with Gasteiger partial charge < -0.3 is 0 Å². The van der Waals surface area contributed by atoms with Crippen LogP contribution in [0.5, 0.6) is 0 Å². The molecule has 0 unspecified atom stereocenters. The number of ketones is 1. The highest BCUT2D eigenvalue weighted by molar-refractivity contribution is 9.10. The lowest BCUT2D eigenvalue weighted by Gasteiger charge is -2.09. The SMILES string of the molecule is O=C(c1cccc(Cl)c1Cl)c1ccc(Br)c2ccccc12. The first-order valence-corrected chi connectivity index (χ1v) is 7.80. The zero-order valence-corrected chi connectivity index (χ0v) is 13.8. The molecule has 0 N–H and O–H groups in total. The molecule has 0 fully saturated rings. The first-order chi connectivity index (χ1) is 10.1. The number of fused-ring (bicyclic) bond motifs is 1. The lowest BCUT2D eigenvalue weighted by atomic mass is 9.97. The normalized spacial score (nSPS) is 10.8. The van der Waals surface area contributed by atoms with Crippen molar-refractivity contribution in [3.63, 3.8) is 0 Å². The Morgan fingerprint density at radius 1 is 0.810 bits per heavy atom. The van der Waals surface area contributed by atoms with Crippen LogP contribution >= 0.6 is 39.1 Å². The van der Waals surface area contributed by atoms with E-state index in [2.05, 4.69) is 15.9 Å². The molecule has 3 rings (SSSR count). The summed E-state index contributed by atoms with van der Waals surface area (Å²) in [7, 11) is 0. The predicted octanol–water partition coefficient (Wildman–Crippen LogP) is 6.14. The highest BCUT2D eigenvalue weighted by Crippen LogP contribution is 2.31. The Morgan fingerprint density at radius 2 is 1.52 bits per heavy atom. The molecule has 104 valence electrons. The van der Waals surface area contributed by atoms with Crippen molar-refractivity contribution < 1.29 is 4.79 Å². The van der Waals surface area contributed by atoms with Crippen LogP contribution in [0.2, 0.25) is 10.0 Å². The fraction of sp³-hybridized carbons (Fsp3) is 0. The second kappa shape index (κ2) is 5.80. The Morgan fingerprint density at radius 3 is 2.29 bits per heavy atom. The number of halogens is 3. The summed E-state index contributed by atoms with van der Waals surface area (Å²) >= 11 is 15.7. The third kappa shape index (κ3) is 2.59. The van der Waals surface area contributed by atoms with Crippen molar-refractivity contribution in [1.82, 2.24) is 0 Å². The third-order valence-corrected chi connectivity index (χ3v) is 4.82. The summed E-state index contributed by atoms with van der Waals surface area (Å²) in [4.78, 5) is 12.8. The molecule has 0 amide bonds. The van der Waals surface area contributed by atoms with Gasteiger partial charge in [-0.1, -0.05) is 69.5 Å². The summed E-state index contributed by atoms with van der Waals surface area (Å²) in [5, 5.41) is 2.54. The van der Waals surface area contributed by atoms with E-state index in [-0.39, 0.29) is 10.8 Å². The minimum atomic E-state index is -0.133. The van der Waals surface area contributed by atoms with Crippen molar-refractivity contribution in [2.75, 3.05) is 0 Å². The number of hydrogen-bond acceptors (Lipinski definition) is 1. The Balaban J connectivity index is 2.23. The highest BCUT2D eigenvalue weighted by Gasteiger charge is 2.17. The maximum absolute atomic E-state index is 12.8. The standard InChI is InChI=1S/C17H9BrCl2O/c18-14-9-8-12(10-4-1-2-5-11(10)14)17(21)13-6-3-7-15(19)16(13)20/h1-9H. The number of carbonyl (C=O) groups is 1. The van der Waals surface area contributed by atoms with Crippen molar-refractivity contribution in [1.29, 1.82) is 0 Å². The average molecular weight is 380 g/mol. The molecule has 0 aliphatic rings. The molecule has 0 spiro atoms. The van der Waals surface area contributed by atoms with Crippen LogP contribution in [0.3, 0.4) is 0 Å². The largest absolute Gasteiger partial charge is 0.289 e. The average Bonchev–Trinajstić information content (AvgIpc) is 2.50. The Hall–Kier alpha value is -1.35. The molecular formula is C17H9BrCl2O. The van der Waals surface area contributed by atoms with Crippen LogP contribution in [-0.4, -0.2) is 5.78 Å². The van der Waals surface area contributed by atoms with E-state index in [9.17, 15) is 4.79 Å². The number of carbonyl (C=O) groups excluding carboxylic acids is 1. The topological polar surface area (TPSA) is 17.1 Å². The van der Waals surface area contributed by atoms with Crippen molar-refractivity contribution in [2.45, 2.75) is 0 Å². The highest BCUT2D eigenvalue weighted by atomic mass is 79.9. The zero-order valence-electron chi connectivity index (χ0n) is 10.7. The molecule has 3 aromatic carbocycles. The monoisotopic (exact) mass is 378 g/mol. The molecule has 3 aromatic rings. The minimum absolute atomic E-state index is 0.133. The summed E-state index contributed by atoms with van der Waals surface area (Å²) in [6, 6.07) is 16.5. The molecule has 0 heterocycles. The molecule has 4 heteroatoms. The second-order valence-corrected chi connectivity index (χ2v) is 6.21. The predicted molar refractivity (Wildman–Crippen MR) is 91.5 cm³/mol. The van der Waals surface area contributed by atoms with Gasteiger partial charge in [0.1, 0.15) is 0 Å². The molecule has 0 saturated heterocycles. The molecule has 1 nitrogen and oxygen atoms in total. The molecule has 0 bridgehead atoms. The van der Waals surface area contributed by atoms with Crippen molar-refractivity contribution in [3.8, 4) is 0 Å². The molecule has 0 aliphatic carbocycles. The smallest absolute Gasteiger partial charge is 0.195 e. The molecule has 0 atom stereocenters. The van der Waals surface area contributed by atoms with E-state index in [0.29, 0.717) is 16.1 Å². The van der Waals surface area contributed by atoms with E-state index < -0.39 is 0 Å². The van der Waals surface area contributed by atoms with Crippen LogP contribution in [0.4, 0.5) is 0 Å². The first-order valence-electron chi connectivity index (χ1n) is 6.25. The Labute approximate surface area is 140 Å². The third-order valence-electron chi connectivity index (χ3n) is 3.31. The van der Waals surface area contributed by atoms with Gasteiger partial charge in [-0.25, -0.2) is 0 Å². The van der Waals surface area contributed by atoms with Gasteiger partial charge in [0.05, 0.1) is 10.0 Å². The summed E-state index contributed by atoms with van der Waals surface area (Å²) in [6.07, 6.45) is 0. The van der Waals surface area contributed by atoms with Crippen molar-refractivity contribution in [2.24, 2.45) is 0 Å². The van der Waals surface area contributed by atoms with Crippen LogP contribution in [-0.2, 0) is 0 Å². The maximum atomic E-state index is 12.8. The first kappa shape index (κ1) is 14.6. The fourth-order valence-electron chi connectivity index (χ4n) is 2.28. The van der Waals surface area contributed by atoms with Gasteiger partial charge in [0.25, 0.3) is 0 Å². The fourth-order valence-corrected chi connectivity index (χ4v) is 3.15. The Bertz CT molecular complexity index is 859. The second-order valence-electron chi connectivity index (χ2n) is 4.57. The van der Waals surface area contributed by atoms with Crippen LogP contribution in [0, 0.1) is 0 Å². The maximum Gasteiger partial charge on any atom is 0.195 e. The van der Waals surface area contributed by atoms with Crippen LogP contribution in [0.25, 0.3) is 10.8 Å². The van der Waals surface area contributed by atoms with E-state index in [1.54, 1.807) is 24.3 Å². The van der Waals surface area contributed by atoms with Gasteiger partial charge in [-0.15, -0.1) is 0 Å². The van der Waals surface area contributed by atoms with E-state index in [0.717, 1.165) is 15.2 Å². The van der Waals surface area contributed by atoms with Gasteiger partial charge in [0.15, 0.2) is 5.78 Å². The number of rotatable bonds is 2. The number of benzene rings is 3. The van der Waals surface area contributed by atoms with Gasteiger partial charge in [-0.3, -0.25) is 4.79 Å². The molecule has 21 heavy (non-hydrogen) atoms. The molecular weight excluding hydrogens is 371 g/mol. The molecule has 0 aromatic heterocycles. The molecule has 0 radical (unpaired) electrons. The summed E-state index contributed by atoms with van der Waals surface area (Å²) < 4.78 is 0.951. The molecule has 0 aliphatic heterocycles. The van der Waals surface area contributed by atoms with Crippen LogP contribution in [0.15, 0.2) is 59.1 Å². The summed E-state index contributed by atoms with van der Waals surface area (Å²) in [6.45, 7) is 0. The Kier molecular flexibility index (Phi) is 4.03.